The van der Waals surface area contributed by atoms with Gasteiger partial charge in [0.05, 0.1) is 17.6 Å². The Kier molecular flexibility index (Phi) is 3.99. The van der Waals surface area contributed by atoms with Gasteiger partial charge in [-0.05, 0) is 26.7 Å². The molecule has 1 saturated carbocycles. The monoisotopic (exact) mass is 259 g/mol. The van der Waals surface area contributed by atoms with E-state index in [4.69, 9.17) is 16.3 Å². The topological polar surface area (TPSA) is 29.5 Å². The Morgan fingerprint density at radius 3 is 2.65 bits per heavy atom. The van der Waals surface area contributed by atoms with Crippen LogP contribution in [-0.2, 0) is 9.53 Å². The molecule has 3 nitrogen and oxygen atoms in total. The van der Waals surface area contributed by atoms with Crippen molar-refractivity contribution in [2.45, 2.75) is 51.2 Å². The summed E-state index contributed by atoms with van der Waals surface area (Å²) in [7, 11) is 0. The van der Waals surface area contributed by atoms with Gasteiger partial charge in [-0.15, -0.1) is 11.6 Å². The molecule has 0 aromatic heterocycles. The quantitative estimate of drug-likeness (QED) is 0.713. The molecule has 0 aromatic carbocycles. The molecule has 4 heteroatoms. The van der Waals surface area contributed by atoms with Gasteiger partial charge in [0, 0.05) is 19.0 Å². The molecule has 98 valence electrons. The maximum Gasteiger partial charge on any atom is 0.225 e. The summed E-state index contributed by atoms with van der Waals surface area (Å²) in [6.45, 7) is 5.40. The van der Waals surface area contributed by atoms with Crippen LogP contribution in [0, 0.1) is 5.92 Å². The van der Waals surface area contributed by atoms with E-state index in [1.807, 2.05) is 18.7 Å². The fourth-order valence-electron chi connectivity index (χ4n) is 2.97. The van der Waals surface area contributed by atoms with Crippen molar-refractivity contribution in [3.05, 3.63) is 0 Å². The van der Waals surface area contributed by atoms with Crippen LogP contribution < -0.4 is 0 Å². The van der Waals surface area contributed by atoms with Crippen molar-refractivity contribution < 1.29 is 9.53 Å². The SMILES string of the molecule is CC1(C)CN(C(=O)C2CCCC2)CC(CCl)O1. The second-order valence-corrected chi connectivity index (χ2v) is 6.16. The maximum atomic E-state index is 12.4. The standard InChI is InChI=1S/C13H22ClNO2/c1-13(2)9-15(8-11(7-14)17-13)12(16)10-5-3-4-6-10/h10-11H,3-9H2,1-2H3. The Labute approximate surface area is 108 Å². The van der Waals surface area contributed by atoms with E-state index >= 15 is 0 Å². The summed E-state index contributed by atoms with van der Waals surface area (Å²) in [6, 6.07) is 0. The second kappa shape index (κ2) is 5.15. The van der Waals surface area contributed by atoms with E-state index in [0.717, 1.165) is 12.8 Å². The molecule has 1 atom stereocenters. The molecule has 0 bridgehead atoms. The highest BCUT2D eigenvalue weighted by Gasteiger charge is 2.37. The van der Waals surface area contributed by atoms with Gasteiger partial charge < -0.3 is 9.64 Å². The van der Waals surface area contributed by atoms with Gasteiger partial charge in [0.2, 0.25) is 5.91 Å². The molecule has 1 aliphatic carbocycles. The van der Waals surface area contributed by atoms with Gasteiger partial charge >= 0.3 is 0 Å². The van der Waals surface area contributed by atoms with Crippen LogP contribution in [0.5, 0.6) is 0 Å². The molecule has 1 aliphatic heterocycles. The van der Waals surface area contributed by atoms with E-state index in [9.17, 15) is 4.79 Å². The summed E-state index contributed by atoms with van der Waals surface area (Å²) in [4.78, 5) is 14.3. The van der Waals surface area contributed by atoms with Crippen LogP contribution in [-0.4, -0.2) is 41.5 Å². The number of carbonyl (C=O) groups is 1. The highest BCUT2D eigenvalue weighted by atomic mass is 35.5. The van der Waals surface area contributed by atoms with Crippen molar-refractivity contribution in [1.29, 1.82) is 0 Å². The third kappa shape index (κ3) is 3.14. The normalized spacial score (nSPS) is 29.6. The molecular weight excluding hydrogens is 238 g/mol. The van der Waals surface area contributed by atoms with Gasteiger partial charge in [-0.2, -0.15) is 0 Å². The first-order chi connectivity index (χ1) is 8.02. The Bertz CT molecular complexity index is 287. The number of alkyl halides is 1. The molecule has 2 aliphatic rings. The van der Waals surface area contributed by atoms with Crippen molar-refractivity contribution in [2.24, 2.45) is 5.92 Å². The van der Waals surface area contributed by atoms with Crippen molar-refractivity contribution >= 4 is 17.5 Å². The Hall–Kier alpha value is -0.280. The van der Waals surface area contributed by atoms with E-state index in [2.05, 4.69) is 0 Å². The maximum absolute atomic E-state index is 12.4. The lowest BCUT2D eigenvalue weighted by Crippen LogP contribution is -2.56. The zero-order chi connectivity index (χ0) is 12.5. The van der Waals surface area contributed by atoms with Gasteiger partial charge in [-0.25, -0.2) is 0 Å². The minimum Gasteiger partial charge on any atom is -0.367 e. The lowest BCUT2D eigenvalue weighted by molar-refractivity contribution is -0.160. The summed E-state index contributed by atoms with van der Waals surface area (Å²) in [5.74, 6) is 1.02. The van der Waals surface area contributed by atoms with Gasteiger partial charge in [0.25, 0.3) is 0 Å². The van der Waals surface area contributed by atoms with E-state index in [-0.39, 0.29) is 17.6 Å². The Morgan fingerprint density at radius 2 is 2.06 bits per heavy atom. The number of hydrogen-bond donors (Lipinski definition) is 0. The number of amides is 1. The first-order valence-electron chi connectivity index (χ1n) is 6.54. The van der Waals surface area contributed by atoms with Crippen molar-refractivity contribution in [2.75, 3.05) is 19.0 Å². The molecule has 0 radical (unpaired) electrons. The minimum absolute atomic E-state index is 0.0224. The van der Waals surface area contributed by atoms with Crippen LogP contribution in [0.3, 0.4) is 0 Å². The van der Waals surface area contributed by atoms with Crippen molar-refractivity contribution in [3.63, 3.8) is 0 Å². The predicted molar refractivity (Wildman–Crippen MR) is 68.2 cm³/mol. The smallest absolute Gasteiger partial charge is 0.225 e. The van der Waals surface area contributed by atoms with Crippen molar-refractivity contribution in [3.8, 4) is 0 Å². The van der Waals surface area contributed by atoms with Crippen LogP contribution in [0.15, 0.2) is 0 Å². The number of carbonyl (C=O) groups excluding carboxylic acids is 1. The zero-order valence-electron chi connectivity index (χ0n) is 10.7. The van der Waals surface area contributed by atoms with Crippen LogP contribution >= 0.6 is 11.6 Å². The second-order valence-electron chi connectivity index (χ2n) is 5.85. The molecular formula is C13H22ClNO2. The highest BCUT2D eigenvalue weighted by molar-refractivity contribution is 6.18. The highest BCUT2D eigenvalue weighted by Crippen LogP contribution is 2.29. The fraction of sp³-hybridized carbons (Fsp3) is 0.923. The molecule has 2 fully saturated rings. The molecule has 2 rings (SSSR count). The molecule has 1 amide bonds. The molecule has 1 heterocycles. The Morgan fingerprint density at radius 1 is 1.41 bits per heavy atom. The van der Waals surface area contributed by atoms with Gasteiger partial charge in [0.15, 0.2) is 0 Å². The fourth-order valence-corrected chi connectivity index (χ4v) is 3.14. The van der Waals surface area contributed by atoms with Gasteiger partial charge in [0.1, 0.15) is 0 Å². The van der Waals surface area contributed by atoms with E-state index < -0.39 is 0 Å². The number of ether oxygens (including phenoxy) is 1. The zero-order valence-corrected chi connectivity index (χ0v) is 11.5. The first kappa shape index (κ1) is 13.2. The molecule has 1 saturated heterocycles. The molecule has 1 unspecified atom stereocenters. The Balaban J connectivity index is 2.01. The number of rotatable bonds is 2. The molecule has 0 spiro atoms. The van der Waals surface area contributed by atoms with Crippen molar-refractivity contribution in [1.82, 2.24) is 4.90 Å². The number of halogens is 1. The minimum atomic E-state index is -0.272. The lowest BCUT2D eigenvalue weighted by Gasteiger charge is -2.43. The molecule has 17 heavy (non-hydrogen) atoms. The van der Waals surface area contributed by atoms with E-state index in [0.29, 0.717) is 24.9 Å². The lowest BCUT2D eigenvalue weighted by atomic mass is 10.0. The number of nitrogens with zero attached hydrogens (tertiary/aromatic N) is 1. The van der Waals surface area contributed by atoms with Crippen LogP contribution in [0.2, 0.25) is 0 Å². The largest absolute Gasteiger partial charge is 0.367 e. The van der Waals surface area contributed by atoms with Gasteiger partial charge in [-0.1, -0.05) is 12.8 Å². The van der Waals surface area contributed by atoms with Crippen LogP contribution in [0.1, 0.15) is 39.5 Å². The average molecular weight is 260 g/mol. The third-order valence-corrected chi connectivity index (χ3v) is 4.01. The average Bonchev–Trinajstić information content (AvgIpc) is 2.79. The number of hydrogen-bond acceptors (Lipinski definition) is 2. The van der Waals surface area contributed by atoms with E-state index in [1.165, 1.54) is 12.8 Å². The first-order valence-corrected chi connectivity index (χ1v) is 7.08. The summed E-state index contributed by atoms with van der Waals surface area (Å²) in [5, 5.41) is 0. The third-order valence-electron chi connectivity index (χ3n) is 3.67. The van der Waals surface area contributed by atoms with Crippen LogP contribution in [0.4, 0.5) is 0 Å². The molecule has 0 N–H and O–H groups in total. The van der Waals surface area contributed by atoms with E-state index in [1.54, 1.807) is 0 Å². The summed E-state index contributed by atoms with van der Waals surface area (Å²) < 4.78 is 5.84. The predicted octanol–water partition coefficient (Wildman–Crippen LogP) is 2.42. The molecule has 0 aromatic rings. The summed E-state index contributed by atoms with van der Waals surface area (Å²) >= 11 is 5.87. The summed E-state index contributed by atoms with van der Waals surface area (Å²) in [6.07, 6.45) is 4.49. The number of morpholine rings is 1. The van der Waals surface area contributed by atoms with Gasteiger partial charge in [-0.3, -0.25) is 4.79 Å². The van der Waals surface area contributed by atoms with Crippen LogP contribution in [0.25, 0.3) is 0 Å². The summed E-state index contributed by atoms with van der Waals surface area (Å²) in [5.41, 5.74) is -0.272.